The van der Waals surface area contributed by atoms with Crippen molar-refractivity contribution in [2.24, 2.45) is 5.92 Å². The van der Waals surface area contributed by atoms with Gasteiger partial charge in [0.2, 0.25) is 0 Å². The number of aliphatic hydroxyl groups is 1. The maximum Gasteiger partial charge on any atom is 0.252 e. The topological polar surface area (TPSA) is 49.3 Å². The number of carbonyl (C=O) groups is 1. The van der Waals surface area contributed by atoms with E-state index in [1.165, 1.54) is 11.3 Å². The van der Waals surface area contributed by atoms with Crippen LogP contribution in [0.15, 0.2) is 11.4 Å². The van der Waals surface area contributed by atoms with Crippen LogP contribution >= 0.6 is 11.3 Å². The summed E-state index contributed by atoms with van der Waals surface area (Å²) in [6.07, 6.45) is 2.15. The summed E-state index contributed by atoms with van der Waals surface area (Å²) in [6.45, 7) is 2.04. The van der Waals surface area contributed by atoms with Crippen molar-refractivity contribution >= 4 is 17.2 Å². The first-order chi connectivity index (χ1) is 8.19. The summed E-state index contributed by atoms with van der Waals surface area (Å²) >= 11 is 1.43. The lowest BCUT2D eigenvalue weighted by Gasteiger charge is -2.33. The van der Waals surface area contributed by atoms with Crippen molar-refractivity contribution in [2.45, 2.75) is 25.8 Å². The zero-order valence-corrected chi connectivity index (χ0v) is 10.5. The van der Waals surface area contributed by atoms with E-state index in [0.717, 1.165) is 23.6 Å². The monoisotopic (exact) mass is 249 g/mol. The number of nitrogens with one attached hydrogen (secondary N) is 1. The third-order valence-electron chi connectivity index (χ3n) is 2.86. The minimum absolute atomic E-state index is 0.0183. The lowest BCUT2D eigenvalue weighted by Crippen LogP contribution is -2.43. The highest BCUT2D eigenvalue weighted by atomic mass is 32.1. The number of hydrogen-bond donors (Lipinski definition) is 2. The van der Waals surface area contributed by atoms with Crippen LogP contribution in [0.2, 0.25) is 0 Å². The molecule has 0 unspecified atom stereocenters. The molecule has 3 nitrogen and oxygen atoms in total. The Kier molecular flexibility index (Phi) is 3.82. The molecule has 90 valence electrons. The Morgan fingerprint density at radius 1 is 1.65 bits per heavy atom. The van der Waals surface area contributed by atoms with E-state index in [1.807, 2.05) is 0 Å². The minimum Gasteiger partial charge on any atom is -0.384 e. The summed E-state index contributed by atoms with van der Waals surface area (Å²) in [5.74, 6) is 6.08. The fourth-order valence-corrected chi connectivity index (χ4v) is 2.69. The molecule has 1 aromatic heterocycles. The van der Waals surface area contributed by atoms with Gasteiger partial charge in [-0.25, -0.2) is 0 Å². The van der Waals surface area contributed by atoms with Crippen molar-refractivity contribution in [1.29, 1.82) is 0 Å². The highest BCUT2D eigenvalue weighted by Crippen LogP contribution is 2.26. The fourth-order valence-electron chi connectivity index (χ4n) is 1.94. The van der Waals surface area contributed by atoms with E-state index in [-0.39, 0.29) is 12.5 Å². The Morgan fingerprint density at radius 3 is 3.06 bits per heavy atom. The van der Waals surface area contributed by atoms with Crippen LogP contribution in [0.1, 0.15) is 35.0 Å². The van der Waals surface area contributed by atoms with Crippen LogP contribution in [0.25, 0.3) is 0 Å². The first kappa shape index (κ1) is 12.2. The van der Waals surface area contributed by atoms with Gasteiger partial charge in [-0.15, -0.1) is 11.3 Å². The highest BCUT2D eigenvalue weighted by molar-refractivity contribution is 7.10. The molecule has 0 aromatic carbocycles. The molecule has 1 aliphatic carbocycles. The second-order valence-corrected chi connectivity index (χ2v) is 5.32. The summed E-state index contributed by atoms with van der Waals surface area (Å²) in [5, 5.41) is 13.4. The van der Waals surface area contributed by atoms with Gasteiger partial charge in [-0.05, 0) is 24.8 Å². The van der Waals surface area contributed by atoms with Crippen molar-refractivity contribution in [3.63, 3.8) is 0 Å². The molecule has 2 N–H and O–H groups in total. The Morgan fingerprint density at radius 2 is 2.41 bits per heavy atom. The number of amides is 1. The van der Waals surface area contributed by atoms with Gasteiger partial charge in [0.05, 0.1) is 10.4 Å². The largest absolute Gasteiger partial charge is 0.384 e. The van der Waals surface area contributed by atoms with Crippen molar-refractivity contribution in [2.75, 3.05) is 6.61 Å². The second kappa shape index (κ2) is 5.35. The number of carbonyl (C=O) groups excluding carboxylic acids is 1. The van der Waals surface area contributed by atoms with Gasteiger partial charge in [-0.3, -0.25) is 4.79 Å². The van der Waals surface area contributed by atoms with Crippen molar-refractivity contribution in [1.82, 2.24) is 5.32 Å². The van der Waals surface area contributed by atoms with E-state index in [9.17, 15) is 4.79 Å². The summed E-state index contributed by atoms with van der Waals surface area (Å²) in [7, 11) is 0. The number of rotatable bonds is 2. The van der Waals surface area contributed by atoms with Gasteiger partial charge in [-0.2, -0.15) is 0 Å². The van der Waals surface area contributed by atoms with Gasteiger partial charge >= 0.3 is 0 Å². The van der Waals surface area contributed by atoms with E-state index in [0.29, 0.717) is 11.6 Å². The highest BCUT2D eigenvalue weighted by Gasteiger charge is 2.26. The summed E-state index contributed by atoms with van der Waals surface area (Å²) < 4.78 is 0. The van der Waals surface area contributed by atoms with E-state index < -0.39 is 0 Å². The standard InChI is InChI=1S/C13H15NO2S/c1-9-5-11(6-9)14-13(16)10-7-12(17-8-10)3-2-4-15/h7-9,11,15H,4-6H2,1H3,(H,14,16). The molecule has 4 heteroatoms. The molecule has 0 spiro atoms. The third kappa shape index (κ3) is 3.09. The smallest absolute Gasteiger partial charge is 0.252 e. The van der Waals surface area contributed by atoms with E-state index >= 15 is 0 Å². The minimum atomic E-state index is -0.153. The molecule has 1 amide bonds. The summed E-state index contributed by atoms with van der Waals surface area (Å²) in [5.41, 5.74) is 0.664. The quantitative estimate of drug-likeness (QED) is 0.783. The number of thiophene rings is 1. The molecule has 1 aliphatic rings. The zero-order valence-electron chi connectivity index (χ0n) is 9.69. The first-order valence-corrected chi connectivity index (χ1v) is 6.56. The molecule has 0 atom stereocenters. The van der Waals surface area contributed by atoms with Crippen LogP contribution in [-0.2, 0) is 0 Å². The predicted molar refractivity (Wildman–Crippen MR) is 67.9 cm³/mol. The molecule has 2 rings (SSSR count). The van der Waals surface area contributed by atoms with Crippen LogP contribution < -0.4 is 5.32 Å². The van der Waals surface area contributed by atoms with Crippen molar-refractivity contribution in [3.8, 4) is 11.8 Å². The third-order valence-corrected chi connectivity index (χ3v) is 3.71. The van der Waals surface area contributed by atoms with Crippen molar-refractivity contribution in [3.05, 3.63) is 21.9 Å². The molecule has 1 saturated carbocycles. The Hall–Kier alpha value is -1.31. The number of aliphatic hydroxyl groups excluding tert-OH is 1. The zero-order chi connectivity index (χ0) is 12.3. The molecule has 17 heavy (non-hydrogen) atoms. The molecule has 1 aromatic rings. The van der Waals surface area contributed by atoms with E-state index in [1.54, 1.807) is 11.4 Å². The Balaban J connectivity index is 1.92. The lowest BCUT2D eigenvalue weighted by molar-refractivity contribution is 0.0896. The molecular weight excluding hydrogens is 234 g/mol. The van der Waals surface area contributed by atoms with Crippen molar-refractivity contribution < 1.29 is 9.90 Å². The summed E-state index contributed by atoms with van der Waals surface area (Å²) in [4.78, 5) is 12.7. The molecule has 1 fully saturated rings. The summed E-state index contributed by atoms with van der Waals surface area (Å²) in [6, 6.07) is 2.11. The average Bonchev–Trinajstić information content (AvgIpc) is 2.72. The van der Waals surface area contributed by atoms with Crippen LogP contribution in [0, 0.1) is 17.8 Å². The molecule has 0 radical (unpaired) electrons. The van der Waals surface area contributed by atoms with Gasteiger partial charge in [0.25, 0.3) is 5.91 Å². The Bertz CT molecular complexity index is 463. The van der Waals surface area contributed by atoms with Gasteiger partial charge in [0.15, 0.2) is 0 Å². The lowest BCUT2D eigenvalue weighted by atomic mass is 9.82. The fraction of sp³-hybridized carbons (Fsp3) is 0.462. The maximum atomic E-state index is 11.8. The first-order valence-electron chi connectivity index (χ1n) is 5.68. The normalized spacial score (nSPS) is 22.2. The molecule has 1 heterocycles. The maximum absolute atomic E-state index is 11.8. The molecular formula is C13H15NO2S. The van der Waals surface area contributed by atoms with Gasteiger partial charge < -0.3 is 10.4 Å². The van der Waals surface area contributed by atoms with Crippen LogP contribution in [0.3, 0.4) is 0 Å². The number of hydrogen-bond acceptors (Lipinski definition) is 3. The second-order valence-electron chi connectivity index (χ2n) is 4.41. The van der Waals surface area contributed by atoms with Crippen LogP contribution in [-0.4, -0.2) is 23.7 Å². The van der Waals surface area contributed by atoms with Gasteiger partial charge in [0.1, 0.15) is 6.61 Å². The average molecular weight is 249 g/mol. The molecule has 0 aliphatic heterocycles. The predicted octanol–water partition coefficient (Wildman–Crippen LogP) is 1.62. The van der Waals surface area contributed by atoms with E-state index in [2.05, 4.69) is 24.1 Å². The van der Waals surface area contributed by atoms with Gasteiger partial charge in [-0.1, -0.05) is 18.8 Å². The SMILES string of the molecule is CC1CC(NC(=O)c2csc(C#CCO)c2)C1. The Labute approximate surface area is 105 Å². The van der Waals surface area contributed by atoms with Gasteiger partial charge in [0, 0.05) is 11.4 Å². The molecule has 0 saturated heterocycles. The van der Waals surface area contributed by atoms with Crippen LogP contribution in [0.4, 0.5) is 0 Å². The van der Waals surface area contributed by atoms with E-state index in [4.69, 9.17) is 5.11 Å². The van der Waals surface area contributed by atoms with Crippen LogP contribution in [0.5, 0.6) is 0 Å². The molecule has 0 bridgehead atoms.